The van der Waals surface area contributed by atoms with E-state index in [1.54, 1.807) is 0 Å². The first-order chi connectivity index (χ1) is 19.4. The number of fused-ring (bicyclic) bond motifs is 1. The Labute approximate surface area is 238 Å². The van der Waals surface area contributed by atoms with Crippen LogP contribution in [0.15, 0.2) is 36.7 Å². The van der Waals surface area contributed by atoms with E-state index in [4.69, 9.17) is 14.6 Å². The number of imidazole rings is 1. The molecule has 0 bridgehead atoms. The minimum atomic E-state index is -0.516. The van der Waals surface area contributed by atoms with Gasteiger partial charge in [0.2, 0.25) is 0 Å². The van der Waals surface area contributed by atoms with Gasteiger partial charge in [0.1, 0.15) is 11.9 Å². The number of rotatable bonds is 8. The van der Waals surface area contributed by atoms with Crippen LogP contribution in [0.4, 0.5) is 10.5 Å². The van der Waals surface area contributed by atoms with Crippen molar-refractivity contribution in [3.8, 4) is 11.3 Å². The van der Waals surface area contributed by atoms with E-state index in [1.807, 2.05) is 44.3 Å². The van der Waals surface area contributed by atoms with Crippen molar-refractivity contribution < 1.29 is 14.4 Å². The quantitative estimate of drug-likeness (QED) is 0.336. The Morgan fingerprint density at radius 3 is 2.45 bits per heavy atom. The maximum absolute atomic E-state index is 12.7. The third kappa shape index (κ3) is 6.01. The number of likely N-dealkylation sites (N-methyl/N-ethyl adjacent to an activating group) is 1. The molecule has 2 fully saturated rings. The van der Waals surface area contributed by atoms with Crippen molar-refractivity contribution in [3.05, 3.63) is 48.2 Å². The van der Waals surface area contributed by atoms with Gasteiger partial charge in [-0.05, 0) is 65.1 Å². The fourth-order valence-corrected chi connectivity index (χ4v) is 6.32. The van der Waals surface area contributed by atoms with Crippen LogP contribution in [0.1, 0.15) is 69.8 Å². The van der Waals surface area contributed by atoms with Crippen LogP contribution in [0.2, 0.25) is 0 Å². The number of benzene rings is 1. The molecule has 40 heavy (non-hydrogen) atoms. The number of nitrogens with zero attached hydrogens (tertiary/aromatic N) is 6. The molecule has 1 aliphatic carbocycles. The summed E-state index contributed by atoms with van der Waals surface area (Å²) in [6.45, 7) is 10.7. The molecule has 1 aromatic carbocycles. The molecule has 1 saturated heterocycles. The van der Waals surface area contributed by atoms with Gasteiger partial charge in [-0.3, -0.25) is 19.1 Å². The molecular weight excluding hydrogens is 504 g/mol. The highest BCUT2D eigenvalue weighted by Crippen LogP contribution is 2.38. The summed E-state index contributed by atoms with van der Waals surface area (Å²) in [6, 6.07) is 8.43. The number of carbonyl (C=O) groups excluding carboxylic acids is 1. The van der Waals surface area contributed by atoms with E-state index in [-0.39, 0.29) is 6.10 Å². The van der Waals surface area contributed by atoms with Crippen molar-refractivity contribution in [2.24, 2.45) is 0 Å². The molecular formula is C31H44N6O3. The first kappa shape index (κ1) is 28.5. The predicted molar refractivity (Wildman–Crippen MR) is 158 cm³/mol. The maximum Gasteiger partial charge on any atom is 0.439 e. The third-order valence-electron chi connectivity index (χ3n) is 8.60. The number of hydroxylamine groups is 1. The van der Waals surface area contributed by atoms with E-state index in [0.717, 1.165) is 54.0 Å². The summed E-state index contributed by atoms with van der Waals surface area (Å²) in [6.07, 6.45) is 9.73. The lowest BCUT2D eigenvalue weighted by Crippen LogP contribution is -2.49. The van der Waals surface area contributed by atoms with Crippen molar-refractivity contribution in [2.75, 3.05) is 45.4 Å². The SMILES string of the molecule is CCCC(C)OC(=O)N(OC)c1ccc(-c2nc(C3CCC(N4CCN(C)CC4)CC3)n3ccnc(C)c23)cc1. The number of hydrogen-bond donors (Lipinski definition) is 0. The van der Waals surface area contributed by atoms with Crippen LogP contribution in [-0.4, -0.2) is 82.7 Å². The van der Waals surface area contributed by atoms with Crippen LogP contribution < -0.4 is 5.06 Å². The van der Waals surface area contributed by atoms with Gasteiger partial charge in [-0.15, -0.1) is 0 Å². The molecule has 0 N–H and O–H groups in total. The second-order valence-corrected chi connectivity index (χ2v) is 11.4. The molecule has 1 amide bonds. The first-order valence-corrected chi connectivity index (χ1v) is 14.8. The second kappa shape index (κ2) is 12.7. The number of piperazine rings is 1. The Morgan fingerprint density at radius 1 is 1.10 bits per heavy atom. The maximum atomic E-state index is 12.7. The molecule has 2 aromatic heterocycles. The predicted octanol–water partition coefficient (Wildman–Crippen LogP) is 5.67. The van der Waals surface area contributed by atoms with E-state index in [0.29, 0.717) is 17.6 Å². The largest absolute Gasteiger partial charge is 0.445 e. The van der Waals surface area contributed by atoms with E-state index < -0.39 is 6.09 Å². The van der Waals surface area contributed by atoms with Gasteiger partial charge in [-0.2, -0.15) is 5.06 Å². The lowest BCUT2D eigenvalue weighted by Gasteiger charge is -2.41. The van der Waals surface area contributed by atoms with Crippen molar-refractivity contribution in [3.63, 3.8) is 0 Å². The fraction of sp³-hybridized carbons (Fsp3) is 0.581. The monoisotopic (exact) mass is 548 g/mol. The molecule has 1 unspecified atom stereocenters. The number of aryl methyl sites for hydroxylation is 1. The molecule has 1 saturated carbocycles. The molecule has 5 rings (SSSR count). The Hall–Kier alpha value is -3.01. The summed E-state index contributed by atoms with van der Waals surface area (Å²) in [4.78, 5) is 33.0. The van der Waals surface area contributed by atoms with Crippen molar-refractivity contribution >= 4 is 17.3 Å². The van der Waals surface area contributed by atoms with Gasteiger partial charge < -0.3 is 9.64 Å². The summed E-state index contributed by atoms with van der Waals surface area (Å²) < 4.78 is 7.79. The molecule has 1 atom stereocenters. The smallest absolute Gasteiger partial charge is 0.439 e. The summed E-state index contributed by atoms with van der Waals surface area (Å²) in [7, 11) is 3.69. The Morgan fingerprint density at radius 2 is 1.80 bits per heavy atom. The average Bonchev–Trinajstić information content (AvgIpc) is 3.35. The normalized spacial score (nSPS) is 21.4. The second-order valence-electron chi connectivity index (χ2n) is 11.4. The third-order valence-corrected chi connectivity index (χ3v) is 8.60. The number of carbonyl (C=O) groups is 1. The summed E-state index contributed by atoms with van der Waals surface area (Å²) in [5, 5.41) is 1.19. The van der Waals surface area contributed by atoms with Crippen LogP contribution in [0.3, 0.4) is 0 Å². The number of ether oxygens (including phenoxy) is 1. The van der Waals surface area contributed by atoms with Crippen LogP contribution >= 0.6 is 0 Å². The highest BCUT2D eigenvalue weighted by atomic mass is 16.7. The summed E-state index contributed by atoms with van der Waals surface area (Å²) >= 11 is 0. The van der Waals surface area contributed by atoms with Gasteiger partial charge in [0, 0.05) is 56.1 Å². The number of amides is 1. The minimum Gasteiger partial charge on any atom is -0.445 e. The molecule has 3 aromatic rings. The minimum absolute atomic E-state index is 0.170. The van der Waals surface area contributed by atoms with Crippen molar-refractivity contribution in [1.29, 1.82) is 0 Å². The van der Waals surface area contributed by atoms with Crippen LogP contribution in [0.25, 0.3) is 16.8 Å². The topological polar surface area (TPSA) is 75.4 Å². The van der Waals surface area contributed by atoms with Crippen LogP contribution in [0.5, 0.6) is 0 Å². The molecule has 2 aliphatic rings. The Balaban J connectivity index is 1.35. The summed E-state index contributed by atoms with van der Waals surface area (Å²) in [5.41, 5.74) is 4.53. The summed E-state index contributed by atoms with van der Waals surface area (Å²) in [5.74, 6) is 1.55. The van der Waals surface area contributed by atoms with Crippen LogP contribution in [-0.2, 0) is 9.57 Å². The molecule has 9 nitrogen and oxygen atoms in total. The molecule has 3 heterocycles. The molecule has 9 heteroatoms. The van der Waals surface area contributed by atoms with Gasteiger partial charge >= 0.3 is 6.09 Å². The van der Waals surface area contributed by atoms with Crippen LogP contribution in [0, 0.1) is 6.92 Å². The number of anilines is 1. The van der Waals surface area contributed by atoms with Gasteiger partial charge in [-0.1, -0.05) is 25.5 Å². The zero-order valence-corrected chi connectivity index (χ0v) is 24.7. The standard InChI is InChI=1S/C31H44N6O3/c1-6-7-22(2)40-31(38)37(39-5)27-14-8-24(9-15-27)28-29-23(3)32-16-17-36(29)30(33-28)25-10-12-26(13-11-25)35-20-18-34(4)19-21-35/h8-9,14-17,22,25-26H,6-7,10-13,18-21H2,1-5H3. The van der Waals surface area contributed by atoms with E-state index in [1.165, 1.54) is 51.2 Å². The first-order valence-electron chi connectivity index (χ1n) is 14.8. The van der Waals surface area contributed by atoms with E-state index in [2.05, 4.69) is 39.4 Å². The molecule has 216 valence electrons. The van der Waals surface area contributed by atoms with Crippen molar-refractivity contribution in [1.82, 2.24) is 24.2 Å². The zero-order chi connectivity index (χ0) is 28.2. The lowest BCUT2D eigenvalue weighted by atomic mass is 9.84. The highest BCUT2D eigenvalue weighted by molar-refractivity contribution is 5.87. The van der Waals surface area contributed by atoms with Gasteiger partial charge in [-0.25, -0.2) is 9.78 Å². The lowest BCUT2D eigenvalue weighted by molar-refractivity contribution is 0.0705. The molecule has 1 aliphatic heterocycles. The Bertz CT molecular complexity index is 1280. The molecule has 0 spiro atoms. The number of aromatic nitrogens is 3. The van der Waals surface area contributed by atoms with Crippen molar-refractivity contribution in [2.45, 2.75) is 77.4 Å². The van der Waals surface area contributed by atoms with Gasteiger partial charge in [0.05, 0.1) is 29.7 Å². The number of hydrogen-bond acceptors (Lipinski definition) is 7. The fourth-order valence-electron chi connectivity index (χ4n) is 6.32. The zero-order valence-electron chi connectivity index (χ0n) is 24.7. The van der Waals surface area contributed by atoms with Gasteiger partial charge in [0.15, 0.2) is 0 Å². The molecule has 0 radical (unpaired) electrons. The average molecular weight is 549 g/mol. The Kier molecular flexibility index (Phi) is 9.03. The van der Waals surface area contributed by atoms with E-state index >= 15 is 0 Å². The highest BCUT2D eigenvalue weighted by Gasteiger charge is 2.31. The van der Waals surface area contributed by atoms with E-state index in [9.17, 15) is 4.79 Å². The van der Waals surface area contributed by atoms with Gasteiger partial charge in [0.25, 0.3) is 0 Å².